The standard InChI is InChI=1S/C22H21.C13H10.2ClH.Zr/c1-14-9-10-18-17(11-14)12-19-20(18)15(2)13-22(3,4)21(19)16-7-5-6-8-16;1-3-7-12(8-4-1)11-13-9-5-2-6-10-13;;;/h5-7,9-11,13H,8H2,1-4H3;1-10H;2*1H;/q;;;;+2/p-2. The largest absolute Gasteiger partial charge is 1.00 e. The average Bonchev–Trinajstić information content (AvgIpc) is 3.50. The topological polar surface area (TPSA) is 0 Å². The second-order valence-electron chi connectivity index (χ2n) is 10.7. The summed E-state index contributed by atoms with van der Waals surface area (Å²) in [4.78, 5) is 0. The number of benzene rings is 3. The van der Waals surface area contributed by atoms with Gasteiger partial charge in [0, 0.05) is 0 Å². The summed E-state index contributed by atoms with van der Waals surface area (Å²) < 4.78 is 3.19. The first-order valence-corrected chi connectivity index (χ1v) is 15.3. The van der Waals surface area contributed by atoms with Crippen molar-refractivity contribution in [3.8, 4) is 0 Å². The van der Waals surface area contributed by atoms with Crippen molar-refractivity contribution in [2.45, 2.75) is 34.1 Å². The van der Waals surface area contributed by atoms with Gasteiger partial charge in [-0.3, -0.25) is 0 Å². The molecule has 0 saturated carbocycles. The maximum atomic E-state index is 2.51. The first-order chi connectivity index (χ1) is 17.4. The van der Waals surface area contributed by atoms with Gasteiger partial charge in [-0.05, 0) is 0 Å². The predicted octanol–water partition coefficient (Wildman–Crippen LogP) is 0.796. The van der Waals surface area contributed by atoms with E-state index in [-0.39, 0.29) is 30.2 Å². The molecule has 3 aromatic rings. The molecule has 0 heterocycles. The zero-order valence-corrected chi connectivity index (χ0v) is 26.2. The quantitative estimate of drug-likeness (QED) is 0.409. The van der Waals surface area contributed by atoms with E-state index < -0.39 is 22.8 Å². The van der Waals surface area contributed by atoms with Gasteiger partial charge < -0.3 is 24.8 Å². The van der Waals surface area contributed by atoms with Gasteiger partial charge in [0.25, 0.3) is 0 Å². The molecule has 0 N–H and O–H groups in total. The van der Waals surface area contributed by atoms with Gasteiger partial charge >= 0.3 is 227 Å². The Bertz CT molecular complexity index is 1620. The molecule has 0 aliphatic heterocycles. The molecule has 0 unspecified atom stereocenters. The van der Waals surface area contributed by atoms with E-state index in [9.17, 15) is 0 Å². The van der Waals surface area contributed by atoms with Gasteiger partial charge in [0.1, 0.15) is 0 Å². The van der Waals surface area contributed by atoms with E-state index >= 15 is 0 Å². The molecule has 0 radical (unpaired) electrons. The van der Waals surface area contributed by atoms with Crippen LogP contribution in [0.2, 0.25) is 0 Å². The summed E-state index contributed by atoms with van der Waals surface area (Å²) in [5.74, 6) is 0. The van der Waals surface area contributed by atoms with Gasteiger partial charge in [-0.2, -0.15) is 0 Å². The van der Waals surface area contributed by atoms with Crippen LogP contribution in [-0.4, -0.2) is 3.21 Å². The zero-order chi connectivity index (χ0) is 24.9. The fraction of sp³-hybridized carbons (Fsp3) is 0.171. The van der Waals surface area contributed by atoms with E-state index in [0.717, 1.165) is 6.42 Å². The Morgan fingerprint density at radius 2 is 1.39 bits per heavy atom. The molecular formula is C35H31Cl2Zr. The summed E-state index contributed by atoms with van der Waals surface area (Å²) >= 11 is -1.22. The summed E-state index contributed by atoms with van der Waals surface area (Å²) in [7, 11) is 0. The molecule has 0 fully saturated rings. The van der Waals surface area contributed by atoms with E-state index in [0.29, 0.717) is 0 Å². The Kier molecular flexibility index (Phi) is 8.63. The molecule has 6 rings (SSSR count). The van der Waals surface area contributed by atoms with Gasteiger partial charge in [-0.1, -0.05) is 0 Å². The molecule has 0 nitrogen and oxygen atoms in total. The van der Waals surface area contributed by atoms with Crippen molar-refractivity contribution in [2.24, 2.45) is 5.41 Å². The summed E-state index contributed by atoms with van der Waals surface area (Å²) in [6, 6.07) is 29.3. The molecule has 3 aliphatic carbocycles. The Morgan fingerprint density at radius 3 is 1.97 bits per heavy atom. The minimum Gasteiger partial charge on any atom is -1.00 e. The molecule has 0 spiro atoms. The number of hydrogen-bond acceptors (Lipinski definition) is 0. The monoisotopic (exact) mass is 611 g/mol. The number of rotatable bonds is 4. The van der Waals surface area contributed by atoms with Crippen LogP contribution in [0.3, 0.4) is 0 Å². The van der Waals surface area contributed by atoms with Crippen molar-refractivity contribution >= 4 is 12.1 Å². The molecule has 0 atom stereocenters. The summed E-state index contributed by atoms with van der Waals surface area (Å²) in [6.45, 7) is 9.38. The predicted molar refractivity (Wildman–Crippen MR) is 150 cm³/mol. The van der Waals surface area contributed by atoms with Crippen molar-refractivity contribution in [2.75, 3.05) is 0 Å². The Hall–Kier alpha value is -2.31. The molecule has 38 heavy (non-hydrogen) atoms. The maximum absolute atomic E-state index is 2.51. The smallest absolute Gasteiger partial charge is 1.00 e. The van der Waals surface area contributed by atoms with E-state index in [2.05, 4.69) is 131 Å². The molecule has 189 valence electrons. The third kappa shape index (κ3) is 5.02. The molecule has 0 aromatic heterocycles. The third-order valence-electron chi connectivity index (χ3n) is 7.55. The van der Waals surface area contributed by atoms with Crippen molar-refractivity contribution in [1.29, 1.82) is 0 Å². The third-order valence-corrected chi connectivity index (χ3v) is 11.5. The molecule has 3 aliphatic rings. The Morgan fingerprint density at radius 1 is 0.763 bits per heavy atom. The zero-order valence-electron chi connectivity index (χ0n) is 22.3. The molecular weight excluding hydrogens is 583 g/mol. The molecule has 0 bridgehead atoms. The van der Waals surface area contributed by atoms with E-state index in [4.69, 9.17) is 0 Å². The number of hydrogen-bond donors (Lipinski definition) is 0. The van der Waals surface area contributed by atoms with E-state index in [1.54, 1.807) is 17.6 Å². The van der Waals surface area contributed by atoms with Crippen LogP contribution in [-0.2, 0) is 22.8 Å². The molecule has 0 saturated heterocycles. The van der Waals surface area contributed by atoms with E-state index in [1.807, 2.05) is 0 Å². The van der Waals surface area contributed by atoms with Crippen LogP contribution in [0.15, 0.2) is 125 Å². The molecule has 3 heteroatoms. The summed E-state index contributed by atoms with van der Waals surface area (Å²) in [5, 5.41) is 2.91. The minimum atomic E-state index is -1.22. The summed E-state index contributed by atoms with van der Waals surface area (Å²) in [5.41, 5.74) is 11.6. The first-order valence-electron chi connectivity index (χ1n) is 12.9. The van der Waals surface area contributed by atoms with Crippen LogP contribution in [0.5, 0.6) is 0 Å². The van der Waals surface area contributed by atoms with Crippen molar-refractivity contribution in [3.05, 3.63) is 153 Å². The minimum absolute atomic E-state index is 0. The van der Waals surface area contributed by atoms with Gasteiger partial charge in [-0.25, -0.2) is 0 Å². The first kappa shape index (κ1) is 28.7. The van der Waals surface area contributed by atoms with Crippen LogP contribution in [0.4, 0.5) is 0 Å². The SMILES string of the molecule is CC1=CC(C)(C)C(C2=CC=CC2)=C2[C]([Zr+2]=[C](c3ccccc3)c3ccccc3)=c3cc(C)ccc3=C12.[Cl-].[Cl-]. The fourth-order valence-corrected chi connectivity index (χ4v) is 10.0. The van der Waals surface area contributed by atoms with Crippen LogP contribution < -0.4 is 35.3 Å². The van der Waals surface area contributed by atoms with Crippen molar-refractivity contribution in [3.63, 3.8) is 0 Å². The van der Waals surface area contributed by atoms with Gasteiger partial charge in [-0.15, -0.1) is 0 Å². The number of allylic oxidation sites excluding steroid dienone is 8. The van der Waals surface area contributed by atoms with Crippen LogP contribution in [0, 0.1) is 12.3 Å². The number of aryl methyl sites for hydroxylation is 1. The van der Waals surface area contributed by atoms with E-state index in [1.165, 1.54) is 43.8 Å². The maximum Gasteiger partial charge on any atom is -1.00 e. The van der Waals surface area contributed by atoms with Crippen LogP contribution in [0.1, 0.15) is 43.9 Å². The van der Waals surface area contributed by atoms with Gasteiger partial charge in [0.2, 0.25) is 0 Å². The van der Waals surface area contributed by atoms with Gasteiger partial charge in [0.05, 0.1) is 0 Å². The van der Waals surface area contributed by atoms with Crippen molar-refractivity contribution in [1.82, 2.24) is 0 Å². The average molecular weight is 614 g/mol. The van der Waals surface area contributed by atoms with Crippen LogP contribution >= 0.6 is 0 Å². The number of fused-ring (bicyclic) bond motifs is 2. The molecule has 0 amide bonds. The Balaban J connectivity index is 0.00000168. The molecule has 3 aromatic carbocycles. The second kappa shape index (κ2) is 11.4. The second-order valence-corrected chi connectivity index (χ2v) is 13.7. The normalized spacial score (nSPS) is 16.5. The van der Waals surface area contributed by atoms with Crippen molar-refractivity contribution < 1.29 is 47.6 Å². The number of halogens is 2. The summed E-state index contributed by atoms with van der Waals surface area (Å²) in [6.07, 6.45) is 10.4. The Labute approximate surface area is 250 Å². The van der Waals surface area contributed by atoms with Gasteiger partial charge in [0.15, 0.2) is 0 Å². The van der Waals surface area contributed by atoms with Crippen LogP contribution in [0.25, 0.3) is 8.85 Å². The fourth-order valence-electron chi connectivity index (χ4n) is 6.13.